The number of hydrogen-bond acceptors (Lipinski definition) is 4. The Morgan fingerprint density at radius 1 is 1.19 bits per heavy atom. The second-order valence-electron chi connectivity index (χ2n) is 2.54. The molecule has 7 heteroatoms. The van der Waals surface area contributed by atoms with E-state index in [1.165, 1.54) is 6.92 Å². The highest BCUT2D eigenvalue weighted by Crippen LogP contribution is 1.73. The molecule has 88 valence electrons. The Hall–Kier alpha value is -2.15. The lowest BCUT2D eigenvalue weighted by molar-refractivity contribution is -0.145. The van der Waals surface area contributed by atoms with Crippen molar-refractivity contribution in [3.8, 4) is 0 Å². The molecule has 2 rings (SSSR count). The average molecular weight is 226 g/mol. The first-order valence-electron chi connectivity index (χ1n) is 4.41. The van der Waals surface area contributed by atoms with E-state index in [1.807, 2.05) is 0 Å². The number of H-pyrrole nitrogens is 2. The number of carboxylic acids is 1. The summed E-state index contributed by atoms with van der Waals surface area (Å²) >= 11 is 0. The Morgan fingerprint density at radius 3 is 1.62 bits per heavy atom. The first kappa shape index (κ1) is 13.8. The number of nitrogens with one attached hydrogen (secondary N) is 2. The van der Waals surface area contributed by atoms with Crippen molar-refractivity contribution in [2.75, 3.05) is 0 Å². The van der Waals surface area contributed by atoms with Crippen LogP contribution in [0.25, 0.3) is 0 Å². The maximum Gasteiger partial charge on any atom is 0.332 e. The van der Waals surface area contributed by atoms with Gasteiger partial charge in [-0.15, -0.1) is 0 Å². The summed E-state index contributed by atoms with van der Waals surface area (Å²) in [5, 5.41) is 15.8. The molecule has 0 fully saturated rings. The van der Waals surface area contributed by atoms with Gasteiger partial charge in [-0.05, 0) is 6.92 Å². The third-order valence-corrected chi connectivity index (χ3v) is 1.17. The minimum atomic E-state index is -1.23. The van der Waals surface area contributed by atoms with Gasteiger partial charge in [-0.1, -0.05) is 0 Å². The largest absolute Gasteiger partial charge is 0.479 e. The van der Waals surface area contributed by atoms with Crippen molar-refractivity contribution in [2.24, 2.45) is 0 Å². The molecular formula is C9H14N4O3. The van der Waals surface area contributed by atoms with Crippen LogP contribution in [0.4, 0.5) is 0 Å². The number of carboxylic acid groups (broad SMARTS) is 1. The fourth-order valence-electron chi connectivity index (χ4n) is 0.430. The number of aromatic nitrogens is 4. The lowest BCUT2D eigenvalue weighted by Gasteiger charge is -1.89. The molecule has 2 aromatic rings. The van der Waals surface area contributed by atoms with Crippen LogP contribution in [0.5, 0.6) is 0 Å². The molecule has 0 aliphatic heterocycles. The van der Waals surface area contributed by atoms with Gasteiger partial charge in [0.15, 0.2) is 0 Å². The molecule has 0 aromatic carbocycles. The minimum absolute atomic E-state index is 1.19. The second kappa shape index (κ2) is 9.41. The Morgan fingerprint density at radius 2 is 1.56 bits per heavy atom. The highest BCUT2D eigenvalue weighted by molar-refractivity contribution is 5.71. The van der Waals surface area contributed by atoms with Gasteiger partial charge < -0.3 is 20.2 Å². The van der Waals surface area contributed by atoms with E-state index in [9.17, 15) is 4.79 Å². The summed E-state index contributed by atoms with van der Waals surface area (Å²) in [6.07, 6.45) is 8.94. The molecular weight excluding hydrogens is 212 g/mol. The number of aliphatic hydroxyl groups excluding tert-OH is 1. The van der Waals surface area contributed by atoms with Gasteiger partial charge in [-0.2, -0.15) is 0 Å². The van der Waals surface area contributed by atoms with Gasteiger partial charge in [0.2, 0.25) is 0 Å². The summed E-state index contributed by atoms with van der Waals surface area (Å²) in [5.74, 6) is -1.19. The van der Waals surface area contributed by atoms with E-state index < -0.39 is 12.1 Å². The Bertz CT molecular complexity index is 271. The fraction of sp³-hybridized carbons (Fsp3) is 0.222. The Balaban J connectivity index is 0.000000211. The van der Waals surface area contributed by atoms with E-state index in [4.69, 9.17) is 10.2 Å². The second-order valence-corrected chi connectivity index (χ2v) is 2.54. The normalized spacial score (nSPS) is 10.1. The summed E-state index contributed by atoms with van der Waals surface area (Å²) < 4.78 is 0. The van der Waals surface area contributed by atoms with E-state index in [2.05, 4.69) is 19.9 Å². The summed E-state index contributed by atoms with van der Waals surface area (Å²) in [6.45, 7) is 1.20. The van der Waals surface area contributed by atoms with Crippen molar-refractivity contribution in [2.45, 2.75) is 13.0 Å². The van der Waals surface area contributed by atoms with Crippen molar-refractivity contribution in [3.63, 3.8) is 0 Å². The van der Waals surface area contributed by atoms with Crippen molar-refractivity contribution >= 4 is 5.97 Å². The molecule has 0 amide bonds. The molecule has 7 nitrogen and oxygen atoms in total. The van der Waals surface area contributed by atoms with Gasteiger partial charge >= 0.3 is 5.97 Å². The van der Waals surface area contributed by atoms with Crippen molar-refractivity contribution in [1.82, 2.24) is 19.9 Å². The van der Waals surface area contributed by atoms with Crippen molar-refractivity contribution < 1.29 is 15.0 Å². The number of rotatable bonds is 1. The zero-order valence-corrected chi connectivity index (χ0v) is 8.74. The SMILES string of the molecule is CC(O)C(=O)O.c1c[nH]cn1.c1c[nH]cn1. The van der Waals surface area contributed by atoms with Crippen LogP contribution in [0.2, 0.25) is 0 Å². The number of nitrogens with zero attached hydrogens (tertiary/aromatic N) is 2. The van der Waals surface area contributed by atoms with E-state index >= 15 is 0 Å². The number of imidazole rings is 2. The molecule has 1 atom stereocenters. The van der Waals surface area contributed by atoms with Gasteiger partial charge in [-0.3, -0.25) is 0 Å². The maximum atomic E-state index is 9.45. The standard InChI is InChI=1S/2C3H4N2.C3H6O3/c2*1-2-5-3-4-1;1-2(4)3(5)6/h2*1-3H,(H,4,5);2,4H,1H3,(H,5,6). The van der Waals surface area contributed by atoms with Crippen LogP contribution in [0, 0.1) is 0 Å². The number of hydrogen-bond donors (Lipinski definition) is 4. The van der Waals surface area contributed by atoms with Crippen LogP contribution in [0.1, 0.15) is 6.92 Å². The number of aliphatic hydroxyl groups is 1. The maximum absolute atomic E-state index is 9.45. The fourth-order valence-corrected chi connectivity index (χ4v) is 0.430. The first-order valence-corrected chi connectivity index (χ1v) is 4.41. The molecule has 0 saturated carbocycles. The summed E-state index contributed by atoms with van der Waals surface area (Å²) in [6, 6.07) is 0. The predicted molar refractivity (Wildman–Crippen MR) is 56.5 cm³/mol. The van der Waals surface area contributed by atoms with Crippen LogP contribution >= 0.6 is 0 Å². The Labute approximate surface area is 92.2 Å². The van der Waals surface area contributed by atoms with Gasteiger partial charge in [0, 0.05) is 24.8 Å². The molecule has 0 aliphatic carbocycles. The molecule has 0 aliphatic rings. The number of aliphatic carboxylic acids is 1. The molecule has 0 saturated heterocycles. The molecule has 0 spiro atoms. The molecule has 2 aromatic heterocycles. The van der Waals surface area contributed by atoms with E-state index in [1.54, 1.807) is 37.4 Å². The average Bonchev–Trinajstić information content (AvgIpc) is 2.97. The molecule has 2 heterocycles. The van der Waals surface area contributed by atoms with Crippen molar-refractivity contribution in [3.05, 3.63) is 37.4 Å². The van der Waals surface area contributed by atoms with Gasteiger partial charge in [-0.25, -0.2) is 14.8 Å². The van der Waals surface area contributed by atoms with E-state index in [0.717, 1.165) is 0 Å². The van der Waals surface area contributed by atoms with Crippen LogP contribution in [0.15, 0.2) is 37.4 Å². The Kier molecular flexibility index (Phi) is 8.14. The summed E-state index contributed by atoms with van der Waals surface area (Å²) in [5.41, 5.74) is 0. The van der Waals surface area contributed by atoms with Crippen LogP contribution in [-0.2, 0) is 4.79 Å². The van der Waals surface area contributed by atoms with Crippen LogP contribution in [0.3, 0.4) is 0 Å². The predicted octanol–water partition coefficient (Wildman–Crippen LogP) is 0.271. The third kappa shape index (κ3) is 9.93. The summed E-state index contributed by atoms with van der Waals surface area (Å²) in [7, 11) is 0. The van der Waals surface area contributed by atoms with E-state index in [-0.39, 0.29) is 0 Å². The highest BCUT2D eigenvalue weighted by Gasteiger charge is 2.01. The van der Waals surface area contributed by atoms with Crippen LogP contribution < -0.4 is 0 Å². The third-order valence-electron chi connectivity index (χ3n) is 1.17. The molecule has 0 bridgehead atoms. The van der Waals surface area contributed by atoms with Gasteiger partial charge in [0.1, 0.15) is 6.10 Å². The van der Waals surface area contributed by atoms with Crippen molar-refractivity contribution in [1.29, 1.82) is 0 Å². The van der Waals surface area contributed by atoms with Gasteiger partial charge in [0.05, 0.1) is 12.7 Å². The first-order chi connectivity index (χ1) is 7.64. The minimum Gasteiger partial charge on any atom is -0.479 e. The van der Waals surface area contributed by atoms with E-state index in [0.29, 0.717) is 0 Å². The lowest BCUT2D eigenvalue weighted by Crippen LogP contribution is -2.13. The number of aromatic amines is 2. The number of carbonyl (C=O) groups is 1. The highest BCUT2D eigenvalue weighted by atomic mass is 16.4. The zero-order valence-electron chi connectivity index (χ0n) is 8.74. The topological polar surface area (TPSA) is 115 Å². The quantitative estimate of drug-likeness (QED) is 0.557. The lowest BCUT2D eigenvalue weighted by atomic mass is 10.4. The summed E-state index contributed by atoms with van der Waals surface area (Å²) in [4.78, 5) is 22.3. The smallest absolute Gasteiger partial charge is 0.332 e. The molecule has 1 unspecified atom stereocenters. The van der Waals surface area contributed by atoms with Gasteiger partial charge in [0.25, 0.3) is 0 Å². The monoisotopic (exact) mass is 226 g/mol. The molecule has 0 radical (unpaired) electrons. The molecule has 4 N–H and O–H groups in total. The molecule has 16 heavy (non-hydrogen) atoms. The zero-order chi connectivity index (χ0) is 12.2. The van der Waals surface area contributed by atoms with Crippen LogP contribution in [-0.4, -0.2) is 42.2 Å².